The fourth-order valence-corrected chi connectivity index (χ4v) is 2.52. The molecule has 2 rings (SSSR count). The Morgan fingerprint density at radius 3 is 2.43 bits per heavy atom. The third-order valence-corrected chi connectivity index (χ3v) is 3.61. The summed E-state index contributed by atoms with van der Waals surface area (Å²) in [5, 5.41) is 9.49. The summed E-state index contributed by atoms with van der Waals surface area (Å²) in [6, 6.07) is 17.5. The van der Waals surface area contributed by atoms with Crippen molar-refractivity contribution in [2.45, 2.75) is 25.2 Å². The molecule has 0 aliphatic heterocycles. The van der Waals surface area contributed by atoms with E-state index < -0.39 is 11.9 Å². The van der Waals surface area contributed by atoms with Gasteiger partial charge in [0.2, 0.25) is 0 Å². The molecule has 21 heavy (non-hydrogen) atoms. The average Bonchev–Trinajstić information content (AvgIpc) is 2.52. The van der Waals surface area contributed by atoms with Crippen molar-refractivity contribution in [2.75, 3.05) is 7.11 Å². The first kappa shape index (κ1) is 15.1. The van der Waals surface area contributed by atoms with Gasteiger partial charge in [0.05, 0.1) is 13.0 Å². The molecule has 2 aromatic rings. The number of para-hydroxylation sites is 1. The van der Waals surface area contributed by atoms with Gasteiger partial charge >= 0.3 is 5.97 Å². The Balaban J connectivity index is 2.04. The summed E-state index contributed by atoms with van der Waals surface area (Å²) in [6.45, 7) is 0. The fraction of sp³-hybridized carbons (Fsp3) is 0.278. The quantitative estimate of drug-likeness (QED) is 0.839. The van der Waals surface area contributed by atoms with Gasteiger partial charge in [0.25, 0.3) is 0 Å². The lowest BCUT2D eigenvalue weighted by Gasteiger charge is -2.16. The summed E-state index contributed by atoms with van der Waals surface area (Å²) >= 11 is 0. The lowest BCUT2D eigenvalue weighted by Crippen LogP contribution is -2.13. The molecule has 110 valence electrons. The number of hydrogen-bond acceptors (Lipinski definition) is 2. The van der Waals surface area contributed by atoms with Crippen LogP contribution in [0.5, 0.6) is 5.75 Å². The molecule has 0 radical (unpaired) electrons. The van der Waals surface area contributed by atoms with Crippen LogP contribution in [0.2, 0.25) is 0 Å². The predicted molar refractivity (Wildman–Crippen MR) is 82.8 cm³/mol. The van der Waals surface area contributed by atoms with Gasteiger partial charge in [0.15, 0.2) is 0 Å². The first-order valence-corrected chi connectivity index (χ1v) is 7.12. The van der Waals surface area contributed by atoms with Gasteiger partial charge < -0.3 is 9.84 Å². The summed E-state index contributed by atoms with van der Waals surface area (Å²) in [6.07, 6.45) is 2.32. The standard InChI is InChI=1S/C18H20O3/c1-21-17-13-6-5-11-15(17)16(18(19)20)12-7-10-14-8-3-2-4-9-14/h2-6,8-9,11,13,16H,7,10,12H2,1H3,(H,19,20). The van der Waals surface area contributed by atoms with Gasteiger partial charge in [-0.2, -0.15) is 0 Å². The molecular weight excluding hydrogens is 264 g/mol. The Hall–Kier alpha value is -2.29. The van der Waals surface area contributed by atoms with E-state index in [9.17, 15) is 9.90 Å². The third kappa shape index (κ3) is 4.09. The van der Waals surface area contributed by atoms with Gasteiger partial charge in [-0.25, -0.2) is 0 Å². The van der Waals surface area contributed by atoms with Crippen molar-refractivity contribution in [2.24, 2.45) is 0 Å². The number of carbonyl (C=O) groups is 1. The highest BCUT2D eigenvalue weighted by Gasteiger charge is 2.22. The zero-order chi connectivity index (χ0) is 15.1. The van der Waals surface area contributed by atoms with Crippen LogP contribution in [-0.2, 0) is 11.2 Å². The van der Waals surface area contributed by atoms with Crippen LogP contribution in [0.1, 0.15) is 29.9 Å². The predicted octanol–water partition coefficient (Wildman–Crippen LogP) is 3.89. The van der Waals surface area contributed by atoms with E-state index in [0.717, 1.165) is 18.4 Å². The van der Waals surface area contributed by atoms with E-state index in [-0.39, 0.29) is 0 Å². The van der Waals surface area contributed by atoms with Crippen LogP contribution in [0.15, 0.2) is 54.6 Å². The number of rotatable bonds is 7. The van der Waals surface area contributed by atoms with E-state index in [0.29, 0.717) is 12.2 Å². The molecule has 0 spiro atoms. The second-order valence-corrected chi connectivity index (χ2v) is 5.01. The van der Waals surface area contributed by atoms with E-state index in [2.05, 4.69) is 12.1 Å². The minimum atomic E-state index is -0.799. The molecule has 0 aromatic heterocycles. The number of ether oxygens (including phenoxy) is 1. The van der Waals surface area contributed by atoms with E-state index in [1.165, 1.54) is 5.56 Å². The third-order valence-electron chi connectivity index (χ3n) is 3.61. The Bertz CT molecular complexity index is 578. The second kappa shape index (κ2) is 7.48. The number of carboxylic acids is 1. The molecule has 0 aliphatic carbocycles. The smallest absolute Gasteiger partial charge is 0.311 e. The van der Waals surface area contributed by atoms with Crippen molar-refractivity contribution in [3.63, 3.8) is 0 Å². The van der Waals surface area contributed by atoms with Crippen LogP contribution < -0.4 is 4.74 Å². The molecule has 3 heteroatoms. The normalized spacial score (nSPS) is 11.9. The maximum Gasteiger partial charge on any atom is 0.311 e. The van der Waals surface area contributed by atoms with Crippen molar-refractivity contribution in [3.8, 4) is 5.75 Å². The number of benzene rings is 2. The summed E-state index contributed by atoms with van der Waals surface area (Å²) in [5.41, 5.74) is 1.99. The summed E-state index contributed by atoms with van der Waals surface area (Å²) in [4.78, 5) is 11.6. The lowest BCUT2D eigenvalue weighted by molar-refractivity contribution is -0.139. The highest BCUT2D eigenvalue weighted by Crippen LogP contribution is 2.30. The number of carboxylic acid groups (broad SMARTS) is 1. The summed E-state index contributed by atoms with van der Waals surface area (Å²) in [5.74, 6) is -0.679. The number of methoxy groups -OCH3 is 1. The largest absolute Gasteiger partial charge is 0.496 e. The van der Waals surface area contributed by atoms with Gasteiger partial charge in [0, 0.05) is 5.56 Å². The molecule has 0 saturated carbocycles. The van der Waals surface area contributed by atoms with Crippen molar-refractivity contribution >= 4 is 5.97 Å². The monoisotopic (exact) mass is 284 g/mol. The first-order valence-electron chi connectivity index (χ1n) is 7.12. The maximum absolute atomic E-state index is 11.6. The van der Waals surface area contributed by atoms with Crippen LogP contribution in [0.25, 0.3) is 0 Å². The molecule has 0 fully saturated rings. The Morgan fingerprint density at radius 1 is 1.10 bits per heavy atom. The topological polar surface area (TPSA) is 46.5 Å². The van der Waals surface area contributed by atoms with Crippen LogP contribution in [-0.4, -0.2) is 18.2 Å². The molecule has 0 saturated heterocycles. The SMILES string of the molecule is COc1ccccc1C(CCCc1ccccc1)C(=O)O. The van der Waals surface area contributed by atoms with Gasteiger partial charge in [0.1, 0.15) is 5.75 Å². The number of aliphatic carboxylic acids is 1. The summed E-state index contributed by atoms with van der Waals surface area (Å²) < 4.78 is 5.28. The molecule has 3 nitrogen and oxygen atoms in total. The fourth-order valence-electron chi connectivity index (χ4n) is 2.52. The molecular formula is C18H20O3. The van der Waals surface area contributed by atoms with E-state index in [1.807, 2.05) is 42.5 Å². The molecule has 0 amide bonds. The minimum Gasteiger partial charge on any atom is -0.496 e. The lowest BCUT2D eigenvalue weighted by atomic mass is 9.92. The van der Waals surface area contributed by atoms with Gasteiger partial charge in [-0.05, 0) is 30.9 Å². The van der Waals surface area contributed by atoms with Gasteiger partial charge in [-0.1, -0.05) is 48.5 Å². The maximum atomic E-state index is 11.6. The highest BCUT2D eigenvalue weighted by atomic mass is 16.5. The highest BCUT2D eigenvalue weighted by molar-refractivity contribution is 5.77. The van der Waals surface area contributed by atoms with Crippen LogP contribution in [0.3, 0.4) is 0 Å². The summed E-state index contributed by atoms with van der Waals surface area (Å²) in [7, 11) is 1.57. The Labute approximate surface area is 125 Å². The first-order chi connectivity index (χ1) is 10.2. The van der Waals surface area contributed by atoms with Gasteiger partial charge in [-0.3, -0.25) is 4.79 Å². The number of aryl methyl sites for hydroxylation is 1. The number of hydrogen-bond donors (Lipinski definition) is 1. The van der Waals surface area contributed by atoms with Gasteiger partial charge in [-0.15, -0.1) is 0 Å². The second-order valence-electron chi connectivity index (χ2n) is 5.01. The van der Waals surface area contributed by atoms with Crippen molar-refractivity contribution in [1.29, 1.82) is 0 Å². The molecule has 2 aromatic carbocycles. The Kier molecular flexibility index (Phi) is 5.38. The zero-order valence-corrected chi connectivity index (χ0v) is 12.2. The average molecular weight is 284 g/mol. The van der Waals surface area contributed by atoms with Crippen LogP contribution >= 0.6 is 0 Å². The van der Waals surface area contributed by atoms with E-state index >= 15 is 0 Å². The van der Waals surface area contributed by atoms with E-state index in [1.54, 1.807) is 7.11 Å². The van der Waals surface area contributed by atoms with Crippen molar-refractivity contribution < 1.29 is 14.6 Å². The minimum absolute atomic E-state index is 0.523. The molecule has 0 aliphatic rings. The zero-order valence-electron chi connectivity index (χ0n) is 12.2. The molecule has 1 N–H and O–H groups in total. The molecule has 1 atom stereocenters. The molecule has 0 bridgehead atoms. The Morgan fingerprint density at radius 2 is 1.76 bits per heavy atom. The van der Waals surface area contributed by atoms with Crippen LogP contribution in [0, 0.1) is 0 Å². The molecule has 0 heterocycles. The molecule has 1 unspecified atom stereocenters. The van der Waals surface area contributed by atoms with Crippen molar-refractivity contribution in [1.82, 2.24) is 0 Å². The van der Waals surface area contributed by atoms with Crippen molar-refractivity contribution in [3.05, 3.63) is 65.7 Å². The van der Waals surface area contributed by atoms with E-state index in [4.69, 9.17) is 4.74 Å². The van der Waals surface area contributed by atoms with Crippen LogP contribution in [0.4, 0.5) is 0 Å².